The normalized spacial score (nSPS) is 18.0. The molecule has 31 heavy (non-hydrogen) atoms. The molecular weight excluding hydrogens is 384 g/mol. The Balaban J connectivity index is 1.30. The lowest BCUT2D eigenvalue weighted by molar-refractivity contribution is 0.483. The highest BCUT2D eigenvalue weighted by Crippen LogP contribution is 2.31. The molecule has 5 heteroatoms. The van der Waals surface area contributed by atoms with Crippen LogP contribution in [0.1, 0.15) is 19.8 Å². The number of hydrogen-bond donors (Lipinski definition) is 1. The fraction of sp³-hybridized carbons (Fsp3) is 0.231. The third kappa shape index (κ3) is 4.61. The van der Waals surface area contributed by atoms with Crippen molar-refractivity contribution in [1.29, 1.82) is 0 Å². The maximum absolute atomic E-state index is 5.93. The lowest BCUT2D eigenvalue weighted by Crippen LogP contribution is -2.33. The summed E-state index contributed by atoms with van der Waals surface area (Å²) < 4.78 is 5.93. The van der Waals surface area contributed by atoms with Gasteiger partial charge in [0.15, 0.2) is 0 Å². The Kier molecular flexibility index (Phi) is 5.40. The number of para-hydroxylation sites is 1. The van der Waals surface area contributed by atoms with E-state index in [2.05, 4.69) is 34.3 Å². The average molecular weight is 411 g/mol. The highest BCUT2D eigenvalue weighted by molar-refractivity contribution is 5.58. The summed E-state index contributed by atoms with van der Waals surface area (Å²) in [6, 6.07) is 19.6. The summed E-state index contributed by atoms with van der Waals surface area (Å²) in [7, 11) is 0. The smallest absolute Gasteiger partial charge is 0.229 e. The maximum Gasteiger partial charge on any atom is 0.229 e. The maximum atomic E-state index is 5.93. The second-order valence-corrected chi connectivity index (χ2v) is 8.15. The summed E-state index contributed by atoms with van der Waals surface area (Å²) >= 11 is 0. The molecule has 0 saturated heterocycles. The topological polar surface area (TPSA) is 50.3 Å². The number of benzene rings is 2. The van der Waals surface area contributed by atoms with Gasteiger partial charge in [-0.3, -0.25) is 0 Å². The van der Waals surface area contributed by atoms with Gasteiger partial charge in [0.25, 0.3) is 0 Å². The standard InChI is InChI=1S/C26H26N4O/c1-19-10-11-20-13-15-30(18-21(20)16-19)25-12-14-27-26(29-25)28-22-6-5-9-24(17-22)31-23-7-3-2-4-8-23/h2-12,14,17,19H,13,15-16,18H2,1H3,(H,27,28,29). The van der Waals surface area contributed by atoms with Crippen LogP contribution in [-0.4, -0.2) is 23.1 Å². The fourth-order valence-electron chi connectivity index (χ4n) is 4.15. The largest absolute Gasteiger partial charge is 0.457 e. The van der Waals surface area contributed by atoms with Gasteiger partial charge in [0.2, 0.25) is 5.95 Å². The second-order valence-electron chi connectivity index (χ2n) is 8.15. The molecule has 5 nitrogen and oxygen atoms in total. The lowest BCUT2D eigenvalue weighted by Gasteiger charge is -2.33. The van der Waals surface area contributed by atoms with Gasteiger partial charge in [0.05, 0.1) is 0 Å². The molecule has 0 spiro atoms. The van der Waals surface area contributed by atoms with Crippen LogP contribution in [0.2, 0.25) is 0 Å². The van der Waals surface area contributed by atoms with Crippen LogP contribution in [0, 0.1) is 5.92 Å². The molecule has 0 radical (unpaired) electrons. The van der Waals surface area contributed by atoms with E-state index in [4.69, 9.17) is 9.72 Å². The van der Waals surface area contributed by atoms with Crippen LogP contribution >= 0.6 is 0 Å². The van der Waals surface area contributed by atoms with Crippen LogP contribution in [-0.2, 0) is 0 Å². The predicted molar refractivity (Wildman–Crippen MR) is 125 cm³/mol. The van der Waals surface area contributed by atoms with E-state index in [1.54, 1.807) is 5.57 Å². The predicted octanol–water partition coefficient (Wildman–Crippen LogP) is 6.12. The molecule has 156 valence electrons. The molecule has 5 rings (SSSR count). The monoisotopic (exact) mass is 410 g/mol. The Bertz CT molecular complexity index is 1120. The van der Waals surface area contributed by atoms with Gasteiger partial charge in [0.1, 0.15) is 17.3 Å². The summed E-state index contributed by atoms with van der Waals surface area (Å²) in [6.07, 6.45) is 8.69. The van der Waals surface area contributed by atoms with Crippen LogP contribution in [0.3, 0.4) is 0 Å². The van der Waals surface area contributed by atoms with Gasteiger partial charge < -0.3 is 15.0 Å². The molecule has 2 aromatic carbocycles. The third-order valence-electron chi connectivity index (χ3n) is 5.72. The molecule has 0 amide bonds. The van der Waals surface area contributed by atoms with Gasteiger partial charge >= 0.3 is 0 Å². The number of anilines is 3. The summed E-state index contributed by atoms with van der Waals surface area (Å²) in [5, 5.41) is 3.32. The Morgan fingerprint density at radius 1 is 1.03 bits per heavy atom. The van der Waals surface area contributed by atoms with Crippen molar-refractivity contribution in [3.63, 3.8) is 0 Å². The number of allylic oxidation sites excluding steroid dienone is 2. The zero-order valence-corrected chi connectivity index (χ0v) is 17.7. The SMILES string of the molecule is CC1C=CC2=C(C1)CN(c1ccnc(Nc3cccc(Oc4ccccc4)c3)n1)CC2. The number of nitrogens with zero attached hydrogens (tertiary/aromatic N) is 3. The van der Waals surface area contributed by atoms with Crippen LogP contribution in [0.25, 0.3) is 0 Å². The number of hydrogen-bond acceptors (Lipinski definition) is 5. The zero-order valence-electron chi connectivity index (χ0n) is 17.7. The molecule has 1 aliphatic carbocycles. The van der Waals surface area contributed by atoms with E-state index in [0.29, 0.717) is 11.9 Å². The number of rotatable bonds is 5. The van der Waals surface area contributed by atoms with Crippen molar-refractivity contribution >= 4 is 17.5 Å². The zero-order chi connectivity index (χ0) is 21.0. The van der Waals surface area contributed by atoms with Crippen molar-refractivity contribution in [1.82, 2.24) is 9.97 Å². The minimum absolute atomic E-state index is 0.589. The molecule has 3 aromatic rings. The molecule has 1 aromatic heterocycles. The molecule has 2 heterocycles. The number of nitrogens with one attached hydrogen (secondary N) is 1. The van der Waals surface area contributed by atoms with Gasteiger partial charge in [-0.05, 0) is 60.2 Å². The Labute approximate surface area is 183 Å². The Morgan fingerprint density at radius 3 is 2.81 bits per heavy atom. The van der Waals surface area contributed by atoms with E-state index < -0.39 is 0 Å². The average Bonchev–Trinajstić information content (AvgIpc) is 2.80. The van der Waals surface area contributed by atoms with Gasteiger partial charge in [0, 0.05) is 31.0 Å². The molecule has 1 unspecified atom stereocenters. The van der Waals surface area contributed by atoms with Crippen molar-refractivity contribution in [3.8, 4) is 11.5 Å². The van der Waals surface area contributed by atoms with Crippen molar-refractivity contribution in [2.75, 3.05) is 23.3 Å². The number of aromatic nitrogens is 2. The van der Waals surface area contributed by atoms with Crippen molar-refractivity contribution in [3.05, 3.63) is 90.2 Å². The minimum Gasteiger partial charge on any atom is -0.457 e. The second kappa shape index (κ2) is 8.64. The quantitative estimate of drug-likeness (QED) is 0.549. The first-order chi connectivity index (χ1) is 15.2. The first kappa shape index (κ1) is 19.4. The molecule has 0 saturated carbocycles. The molecular formula is C26H26N4O. The van der Waals surface area contributed by atoms with Gasteiger partial charge in [-0.15, -0.1) is 0 Å². The van der Waals surface area contributed by atoms with Crippen LogP contribution in [0.4, 0.5) is 17.5 Å². The highest BCUT2D eigenvalue weighted by Gasteiger charge is 2.22. The molecule has 1 aliphatic heterocycles. The highest BCUT2D eigenvalue weighted by atomic mass is 16.5. The minimum atomic E-state index is 0.589. The van der Waals surface area contributed by atoms with E-state index >= 15 is 0 Å². The van der Waals surface area contributed by atoms with E-state index in [0.717, 1.165) is 48.9 Å². The fourth-order valence-corrected chi connectivity index (χ4v) is 4.15. The molecule has 0 fully saturated rings. The van der Waals surface area contributed by atoms with E-state index in [-0.39, 0.29) is 0 Å². The third-order valence-corrected chi connectivity index (χ3v) is 5.72. The van der Waals surface area contributed by atoms with E-state index in [1.165, 1.54) is 5.57 Å². The lowest BCUT2D eigenvalue weighted by atomic mass is 9.87. The van der Waals surface area contributed by atoms with Gasteiger partial charge in [-0.2, -0.15) is 4.98 Å². The van der Waals surface area contributed by atoms with Crippen molar-refractivity contribution < 1.29 is 4.74 Å². The first-order valence-electron chi connectivity index (χ1n) is 10.8. The molecule has 1 atom stereocenters. The van der Waals surface area contributed by atoms with Crippen LogP contribution in [0.5, 0.6) is 11.5 Å². The van der Waals surface area contributed by atoms with Gasteiger partial charge in [-0.1, -0.05) is 43.3 Å². The van der Waals surface area contributed by atoms with Gasteiger partial charge in [-0.25, -0.2) is 4.98 Å². The van der Waals surface area contributed by atoms with Crippen LogP contribution < -0.4 is 15.0 Å². The summed E-state index contributed by atoms with van der Waals surface area (Å²) in [6.45, 7) is 4.21. The molecule has 2 aliphatic rings. The summed E-state index contributed by atoms with van der Waals surface area (Å²) in [5.74, 6) is 3.74. The van der Waals surface area contributed by atoms with E-state index in [9.17, 15) is 0 Å². The Hall–Kier alpha value is -3.60. The van der Waals surface area contributed by atoms with Crippen molar-refractivity contribution in [2.45, 2.75) is 19.8 Å². The summed E-state index contributed by atoms with van der Waals surface area (Å²) in [5.41, 5.74) is 3.94. The van der Waals surface area contributed by atoms with Crippen molar-refractivity contribution in [2.24, 2.45) is 5.92 Å². The summed E-state index contributed by atoms with van der Waals surface area (Å²) in [4.78, 5) is 11.6. The first-order valence-corrected chi connectivity index (χ1v) is 10.8. The molecule has 1 N–H and O–H groups in total. The van der Waals surface area contributed by atoms with Crippen LogP contribution in [0.15, 0.2) is 90.2 Å². The van der Waals surface area contributed by atoms with E-state index in [1.807, 2.05) is 66.9 Å². The number of ether oxygens (including phenoxy) is 1. The Morgan fingerprint density at radius 2 is 1.90 bits per heavy atom. The molecule has 0 bridgehead atoms.